The number of para-hydroxylation sites is 1. The van der Waals surface area contributed by atoms with Gasteiger partial charge in [-0.15, -0.1) is 0 Å². The van der Waals surface area contributed by atoms with Crippen molar-refractivity contribution in [3.8, 4) is 17.2 Å². The van der Waals surface area contributed by atoms with Crippen LogP contribution in [0.15, 0.2) is 72.8 Å². The molecular weight excluding hydrogens is 436 g/mol. The Balaban J connectivity index is 1.25. The lowest BCUT2D eigenvalue weighted by Crippen LogP contribution is -2.38. The van der Waals surface area contributed by atoms with Crippen molar-refractivity contribution in [3.05, 3.63) is 89.5 Å². The molecule has 0 spiro atoms. The van der Waals surface area contributed by atoms with Crippen LogP contribution in [0.2, 0.25) is 0 Å². The fourth-order valence-electron chi connectivity index (χ4n) is 5.05. The van der Waals surface area contributed by atoms with E-state index in [2.05, 4.69) is 70.5 Å². The molecule has 35 heavy (non-hydrogen) atoms. The zero-order chi connectivity index (χ0) is 23.9. The van der Waals surface area contributed by atoms with Crippen molar-refractivity contribution < 1.29 is 14.2 Å². The molecule has 1 saturated heterocycles. The normalized spacial score (nSPS) is 18.5. The second-order valence-corrected chi connectivity index (χ2v) is 9.57. The van der Waals surface area contributed by atoms with E-state index in [4.69, 9.17) is 14.2 Å². The van der Waals surface area contributed by atoms with Gasteiger partial charge in [-0.05, 0) is 73.8 Å². The third kappa shape index (κ3) is 6.36. The minimum atomic E-state index is 0.271. The van der Waals surface area contributed by atoms with Gasteiger partial charge in [0.25, 0.3) is 0 Å². The molecule has 3 aromatic rings. The number of fused-ring (bicyclic) bond motifs is 1. The summed E-state index contributed by atoms with van der Waals surface area (Å²) < 4.78 is 17.6. The van der Waals surface area contributed by atoms with Crippen LogP contribution in [-0.4, -0.2) is 55.8 Å². The van der Waals surface area contributed by atoms with Crippen LogP contribution < -0.4 is 14.2 Å². The van der Waals surface area contributed by atoms with E-state index in [-0.39, 0.29) is 6.04 Å². The highest BCUT2D eigenvalue weighted by molar-refractivity contribution is 5.35. The third-order valence-corrected chi connectivity index (χ3v) is 7.11. The maximum atomic E-state index is 6.26. The summed E-state index contributed by atoms with van der Waals surface area (Å²) in [4.78, 5) is 5.02. The highest BCUT2D eigenvalue weighted by atomic mass is 16.5. The summed E-state index contributed by atoms with van der Waals surface area (Å²) >= 11 is 0. The van der Waals surface area contributed by atoms with E-state index in [1.165, 1.54) is 42.6 Å². The maximum Gasteiger partial charge on any atom is 0.123 e. The number of hydrogen-bond acceptors (Lipinski definition) is 5. The zero-order valence-corrected chi connectivity index (χ0v) is 20.7. The van der Waals surface area contributed by atoms with E-state index in [1.807, 2.05) is 12.1 Å². The van der Waals surface area contributed by atoms with E-state index in [1.54, 1.807) is 7.11 Å². The molecule has 2 aliphatic rings. The SMILES string of the molecule is COc1ccc(C[C@H]2COc3ccccc3CN2Cc2ccc(OCCN3CCCC3)cc2)cc1. The van der Waals surface area contributed by atoms with Gasteiger partial charge in [0.2, 0.25) is 0 Å². The quantitative estimate of drug-likeness (QED) is 0.429. The number of nitrogens with zero attached hydrogens (tertiary/aromatic N) is 2. The Kier molecular flexibility index (Phi) is 7.86. The third-order valence-electron chi connectivity index (χ3n) is 7.11. The molecule has 0 aromatic heterocycles. The molecule has 5 nitrogen and oxygen atoms in total. The monoisotopic (exact) mass is 472 g/mol. The van der Waals surface area contributed by atoms with Crippen LogP contribution in [0, 0.1) is 0 Å². The Labute approximate surface area is 209 Å². The van der Waals surface area contributed by atoms with Gasteiger partial charge in [0.15, 0.2) is 0 Å². The summed E-state index contributed by atoms with van der Waals surface area (Å²) in [5.41, 5.74) is 3.82. The summed E-state index contributed by atoms with van der Waals surface area (Å²) in [5, 5.41) is 0. The van der Waals surface area contributed by atoms with Crippen LogP contribution in [0.3, 0.4) is 0 Å². The van der Waals surface area contributed by atoms with E-state index >= 15 is 0 Å². The van der Waals surface area contributed by atoms with Gasteiger partial charge in [0, 0.05) is 31.2 Å². The van der Waals surface area contributed by atoms with E-state index in [0.29, 0.717) is 6.61 Å². The van der Waals surface area contributed by atoms with Gasteiger partial charge in [-0.3, -0.25) is 9.80 Å². The molecule has 3 aromatic carbocycles. The molecule has 0 aliphatic carbocycles. The Bertz CT molecular complexity index is 1060. The first-order valence-corrected chi connectivity index (χ1v) is 12.8. The summed E-state index contributed by atoms with van der Waals surface area (Å²) in [5.74, 6) is 2.83. The van der Waals surface area contributed by atoms with Gasteiger partial charge in [-0.25, -0.2) is 0 Å². The summed E-state index contributed by atoms with van der Waals surface area (Å²) in [6.45, 7) is 6.59. The average Bonchev–Trinajstić information content (AvgIpc) is 3.36. The second-order valence-electron chi connectivity index (χ2n) is 9.57. The van der Waals surface area contributed by atoms with Crippen LogP contribution in [-0.2, 0) is 19.5 Å². The van der Waals surface area contributed by atoms with E-state index < -0.39 is 0 Å². The van der Waals surface area contributed by atoms with Crippen molar-refractivity contribution in [2.24, 2.45) is 0 Å². The van der Waals surface area contributed by atoms with Crippen LogP contribution >= 0.6 is 0 Å². The predicted octanol–water partition coefficient (Wildman–Crippen LogP) is 5.18. The number of likely N-dealkylation sites (tertiary alicyclic amines) is 1. The topological polar surface area (TPSA) is 34.2 Å². The van der Waals surface area contributed by atoms with Crippen LogP contribution in [0.25, 0.3) is 0 Å². The standard InChI is InChI=1S/C30H36N2O3/c1-33-28-12-8-24(9-13-28)20-27-23-35-30-7-3-2-6-26(30)22-32(27)21-25-10-14-29(15-11-25)34-19-18-31-16-4-5-17-31/h2-3,6-15,27H,4-5,16-23H2,1H3/t27-/m0/s1. The molecule has 0 amide bonds. The molecule has 2 aliphatic heterocycles. The van der Waals surface area contributed by atoms with Crippen LogP contribution in [0.4, 0.5) is 0 Å². The van der Waals surface area contributed by atoms with Gasteiger partial charge in [-0.2, -0.15) is 0 Å². The van der Waals surface area contributed by atoms with Gasteiger partial charge in [-0.1, -0.05) is 42.5 Å². The Morgan fingerprint density at radius 1 is 0.857 bits per heavy atom. The largest absolute Gasteiger partial charge is 0.497 e. The molecule has 0 radical (unpaired) electrons. The number of ether oxygens (including phenoxy) is 3. The molecule has 0 saturated carbocycles. The smallest absolute Gasteiger partial charge is 0.123 e. The summed E-state index contributed by atoms with van der Waals surface area (Å²) in [6, 6.07) is 25.7. The molecule has 0 bridgehead atoms. The van der Waals surface area contributed by atoms with E-state index in [9.17, 15) is 0 Å². The Morgan fingerprint density at radius 3 is 2.34 bits per heavy atom. The van der Waals surface area contributed by atoms with Crippen LogP contribution in [0.1, 0.15) is 29.5 Å². The van der Waals surface area contributed by atoms with Crippen molar-refractivity contribution in [1.29, 1.82) is 0 Å². The minimum Gasteiger partial charge on any atom is -0.497 e. The second kappa shape index (κ2) is 11.6. The van der Waals surface area contributed by atoms with Crippen molar-refractivity contribution in [1.82, 2.24) is 9.80 Å². The first kappa shape index (κ1) is 23.7. The number of benzene rings is 3. The van der Waals surface area contributed by atoms with Gasteiger partial charge in [0.05, 0.1) is 7.11 Å². The zero-order valence-electron chi connectivity index (χ0n) is 20.7. The van der Waals surface area contributed by atoms with Crippen molar-refractivity contribution in [2.45, 2.75) is 38.4 Å². The lowest BCUT2D eigenvalue weighted by Gasteiger charge is -2.29. The first-order valence-electron chi connectivity index (χ1n) is 12.8. The lowest BCUT2D eigenvalue weighted by molar-refractivity contribution is 0.138. The molecule has 0 unspecified atom stereocenters. The molecule has 0 N–H and O–H groups in total. The minimum absolute atomic E-state index is 0.271. The highest BCUT2D eigenvalue weighted by Gasteiger charge is 2.25. The predicted molar refractivity (Wildman–Crippen MR) is 139 cm³/mol. The number of methoxy groups -OCH3 is 1. The molecule has 5 rings (SSSR count). The first-order chi connectivity index (χ1) is 17.3. The maximum absolute atomic E-state index is 6.26. The number of hydrogen-bond donors (Lipinski definition) is 0. The van der Waals surface area contributed by atoms with Crippen molar-refractivity contribution in [2.75, 3.05) is 40.0 Å². The summed E-state index contributed by atoms with van der Waals surface area (Å²) in [7, 11) is 1.71. The molecule has 5 heteroatoms. The lowest BCUT2D eigenvalue weighted by atomic mass is 10.0. The molecule has 1 fully saturated rings. The highest BCUT2D eigenvalue weighted by Crippen LogP contribution is 2.28. The van der Waals surface area contributed by atoms with Gasteiger partial charge in [0.1, 0.15) is 30.5 Å². The molecule has 184 valence electrons. The van der Waals surface area contributed by atoms with Crippen molar-refractivity contribution in [3.63, 3.8) is 0 Å². The van der Waals surface area contributed by atoms with Gasteiger partial charge >= 0.3 is 0 Å². The van der Waals surface area contributed by atoms with Crippen molar-refractivity contribution >= 4 is 0 Å². The molecular formula is C30H36N2O3. The molecule has 2 heterocycles. The van der Waals surface area contributed by atoms with Crippen LogP contribution in [0.5, 0.6) is 17.2 Å². The average molecular weight is 473 g/mol. The van der Waals surface area contributed by atoms with E-state index in [0.717, 1.165) is 49.9 Å². The number of rotatable bonds is 9. The Morgan fingerprint density at radius 2 is 1.57 bits per heavy atom. The fourth-order valence-corrected chi connectivity index (χ4v) is 5.05. The Hall–Kier alpha value is -3.02. The van der Waals surface area contributed by atoms with Gasteiger partial charge < -0.3 is 14.2 Å². The summed E-state index contributed by atoms with van der Waals surface area (Å²) in [6.07, 6.45) is 3.57. The fraction of sp³-hybridized carbons (Fsp3) is 0.400. The molecule has 1 atom stereocenters.